The molecule has 8 nitrogen and oxygen atoms in total. The molecule has 2 aromatic heterocycles. The number of fused-ring (bicyclic) bond motifs is 1. The minimum Gasteiger partial charge on any atom is -0.326 e. The Kier molecular flexibility index (Phi) is 4.83. The first-order valence-electron chi connectivity index (χ1n) is 8.19. The van der Waals surface area contributed by atoms with Crippen LogP contribution in [0.15, 0.2) is 53.5 Å². The first-order chi connectivity index (χ1) is 12.4. The van der Waals surface area contributed by atoms with Crippen molar-refractivity contribution in [1.82, 2.24) is 14.2 Å². The van der Waals surface area contributed by atoms with Gasteiger partial charge in [0.05, 0.1) is 0 Å². The number of rotatable bonds is 5. The molecule has 0 fully saturated rings. The molecule has 0 saturated carbocycles. The van der Waals surface area contributed by atoms with E-state index in [1.807, 2.05) is 13.8 Å². The number of benzene rings is 1. The average molecular weight is 353 g/mol. The van der Waals surface area contributed by atoms with Crippen molar-refractivity contribution in [2.24, 2.45) is 5.92 Å². The summed E-state index contributed by atoms with van der Waals surface area (Å²) < 4.78 is 2.49. The summed E-state index contributed by atoms with van der Waals surface area (Å²) in [5.41, 5.74) is 1.32. The second-order valence-electron chi connectivity index (χ2n) is 6.14. The summed E-state index contributed by atoms with van der Waals surface area (Å²) in [6.45, 7) is 3.43. The van der Waals surface area contributed by atoms with Crippen LogP contribution in [0.5, 0.6) is 0 Å². The highest BCUT2D eigenvalue weighted by Crippen LogP contribution is 2.14. The maximum Gasteiger partial charge on any atom is 0.350 e. The van der Waals surface area contributed by atoms with Crippen molar-refractivity contribution >= 4 is 28.8 Å². The lowest BCUT2D eigenvalue weighted by Crippen LogP contribution is -2.28. The Morgan fingerprint density at radius 1 is 1.04 bits per heavy atom. The molecule has 0 aliphatic heterocycles. The highest BCUT2D eigenvalue weighted by atomic mass is 16.2. The molecule has 0 atom stereocenters. The molecule has 8 heteroatoms. The summed E-state index contributed by atoms with van der Waals surface area (Å²) in [5, 5.41) is 9.59. The van der Waals surface area contributed by atoms with Crippen molar-refractivity contribution in [2.45, 2.75) is 20.4 Å². The van der Waals surface area contributed by atoms with Gasteiger partial charge in [0.2, 0.25) is 11.8 Å². The van der Waals surface area contributed by atoms with Crippen LogP contribution in [0.2, 0.25) is 0 Å². The first-order valence-corrected chi connectivity index (χ1v) is 8.19. The Balaban J connectivity index is 1.65. The molecule has 0 radical (unpaired) electrons. The number of carbonyl (C=O) groups is 2. The van der Waals surface area contributed by atoms with Gasteiger partial charge in [0, 0.05) is 23.5 Å². The number of nitrogens with one attached hydrogen (secondary N) is 2. The van der Waals surface area contributed by atoms with Gasteiger partial charge in [-0.2, -0.15) is 0 Å². The van der Waals surface area contributed by atoms with Gasteiger partial charge in [-0.25, -0.2) is 9.48 Å². The maximum atomic E-state index is 12.2. The van der Waals surface area contributed by atoms with E-state index >= 15 is 0 Å². The smallest absolute Gasteiger partial charge is 0.326 e. The fourth-order valence-corrected chi connectivity index (χ4v) is 2.33. The van der Waals surface area contributed by atoms with Gasteiger partial charge in [0.25, 0.3) is 0 Å². The van der Waals surface area contributed by atoms with Crippen molar-refractivity contribution in [2.75, 3.05) is 10.6 Å². The summed E-state index contributed by atoms with van der Waals surface area (Å²) >= 11 is 0. The molecule has 1 aromatic carbocycles. The summed E-state index contributed by atoms with van der Waals surface area (Å²) in [4.78, 5) is 36.0. The van der Waals surface area contributed by atoms with E-state index in [1.165, 1.54) is 4.40 Å². The van der Waals surface area contributed by atoms with Gasteiger partial charge in [-0.3, -0.25) is 14.0 Å². The maximum absolute atomic E-state index is 12.2. The topological polar surface area (TPSA) is 97.5 Å². The predicted molar refractivity (Wildman–Crippen MR) is 98.0 cm³/mol. The van der Waals surface area contributed by atoms with E-state index in [2.05, 4.69) is 15.7 Å². The van der Waals surface area contributed by atoms with Crippen LogP contribution < -0.4 is 16.3 Å². The highest BCUT2D eigenvalue weighted by molar-refractivity contribution is 5.93. The molecule has 0 spiro atoms. The molecule has 0 aliphatic rings. The monoisotopic (exact) mass is 353 g/mol. The molecule has 26 heavy (non-hydrogen) atoms. The number of hydrogen-bond donors (Lipinski definition) is 2. The minimum atomic E-state index is -0.373. The zero-order valence-electron chi connectivity index (χ0n) is 14.5. The second kappa shape index (κ2) is 7.22. The lowest BCUT2D eigenvalue weighted by atomic mass is 10.2. The number of carbonyl (C=O) groups excluding carboxylic acids is 2. The third-order valence-electron chi connectivity index (χ3n) is 3.74. The Hall–Kier alpha value is -3.42. The van der Waals surface area contributed by atoms with Crippen LogP contribution in [0.3, 0.4) is 0 Å². The summed E-state index contributed by atoms with van der Waals surface area (Å²) in [6.07, 6.45) is 1.60. The minimum absolute atomic E-state index is 0.0759. The zero-order valence-corrected chi connectivity index (χ0v) is 14.5. The Bertz CT molecular complexity index is 1000. The number of amides is 2. The summed E-state index contributed by atoms with van der Waals surface area (Å²) in [7, 11) is 0. The van der Waals surface area contributed by atoms with Crippen LogP contribution >= 0.6 is 0 Å². The predicted octanol–water partition coefficient (Wildman–Crippen LogP) is 1.73. The molecular formula is C18H19N5O3. The molecule has 0 unspecified atom stereocenters. The van der Waals surface area contributed by atoms with Crippen LogP contribution in [0.25, 0.3) is 5.65 Å². The molecule has 0 aliphatic carbocycles. The van der Waals surface area contributed by atoms with Crippen LogP contribution in [0, 0.1) is 5.92 Å². The van der Waals surface area contributed by atoms with Crippen LogP contribution in [0.1, 0.15) is 13.8 Å². The van der Waals surface area contributed by atoms with Crippen LogP contribution in [-0.2, 0) is 16.1 Å². The molecule has 2 N–H and O–H groups in total. The molecule has 134 valence electrons. The number of nitrogens with zero attached hydrogens (tertiary/aromatic N) is 3. The lowest BCUT2D eigenvalue weighted by molar-refractivity contribution is -0.119. The summed E-state index contributed by atoms with van der Waals surface area (Å²) in [6, 6.07) is 12.0. The Morgan fingerprint density at radius 2 is 1.69 bits per heavy atom. The van der Waals surface area contributed by atoms with E-state index in [0.29, 0.717) is 17.0 Å². The molecule has 2 heterocycles. The molecule has 3 aromatic rings. The van der Waals surface area contributed by atoms with Gasteiger partial charge < -0.3 is 10.6 Å². The van der Waals surface area contributed by atoms with Crippen molar-refractivity contribution in [3.8, 4) is 0 Å². The van der Waals surface area contributed by atoms with E-state index in [0.717, 1.165) is 4.68 Å². The number of hydrogen-bond acceptors (Lipinski definition) is 4. The fourth-order valence-electron chi connectivity index (χ4n) is 2.33. The van der Waals surface area contributed by atoms with Crippen molar-refractivity contribution in [1.29, 1.82) is 0 Å². The summed E-state index contributed by atoms with van der Waals surface area (Å²) in [5.74, 6) is -0.555. The van der Waals surface area contributed by atoms with Crippen molar-refractivity contribution in [3.63, 3.8) is 0 Å². The van der Waals surface area contributed by atoms with Gasteiger partial charge in [0.15, 0.2) is 5.65 Å². The SMILES string of the molecule is CC(C)C(=O)Nc1ccc(NC(=O)Cn2nc3ccccn3c2=O)cc1. The van der Waals surface area contributed by atoms with E-state index in [9.17, 15) is 14.4 Å². The van der Waals surface area contributed by atoms with Gasteiger partial charge in [0.1, 0.15) is 6.54 Å². The van der Waals surface area contributed by atoms with Crippen LogP contribution in [0.4, 0.5) is 11.4 Å². The zero-order chi connectivity index (χ0) is 18.7. The molecule has 0 bridgehead atoms. The van der Waals surface area contributed by atoms with Crippen molar-refractivity contribution < 1.29 is 9.59 Å². The number of aromatic nitrogens is 3. The molecule has 3 rings (SSSR count). The number of anilines is 2. The van der Waals surface area contributed by atoms with E-state index in [-0.39, 0.29) is 30.0 Å². The average Bonchev–Trinajstić information content (AvgIpc) is 2.92. The standard InChI is InChI=1S/C18H19N5O3/c1-12(2)17(25)20-14-8-6-13(7-9-14)19-16(24)11-23-18(26)22-10-4-3-5-15(22)21-23/h3-10,12H,11H2,1-2H3,(H,19,24)(H,20,25). The van der Waals surface area contributed by atoms with Crippen molar-refractivity contribution in [3.05, 3.63) is 59.1 Å². The third kappa shape index (κ3) is 3.80. The van der Waals surface area contributed by atoms with Crippen LogP contribution in [-0.4, -0.2) is 26.0 Å². The molecule has 2 amide bonds. The normalized spacial score (nSPS) is 10.9. The first kappa shape index (κ1) is 17.4. The third-order valence-corrected chi connectivity index (χ3v) is 3.74. The quantitative estimate of drug-likeness (QED) is 0.730. The lowest BCUT2D eigenvalue weighted by Gasteiger charge is -2.09. The van der Waals surface area contributed by atoms with Gasteiger partial charge >= 0.3 is 5.69 Å². The largest absolute Gasteiger partial charge is 0.350 e. The Labute approximate surface area is 149 Å². The van der Waals surface area contributed by atoms with E-state index < -0.39 is 0 Å². The second-order valence-corrected chi connectivity index (χ2v) is 6.14. The highest BCUT2D eigenvalue weighted by Gasteiger charge is 2.11. The number of pyridine rings is 1. The fraction of sp³-hybridized carbons (Fsp3) is 0.222. The molecule has 0 saturated heterocycles. The van der Waals surface area contributed by atoms with Gasteiger partial charge in [-0.1, -0.05) is 19.9 Å². The van der Waals surface area contributed by atoms with E-state index in [4.69, 9.17) is 0 Å². The molecular weight excluding hydrogens is 334 g/mol. The van der Waals surface area contributed by atoms with E-state index in [1.54, 1.807) is 48.7 Å². The van der Waals surface area contributed by atoms with Gasteiger partial charge in [-0.05, 0) is 36.4 Å². The van der Waals surface area contributed by atoms with Gasteiger partial charge in [-0.15, -0.1) is 5.10 Å². The Morgan fingerprint density at radius 3 is 2.31 bits per heavy atom.